The van der Waals surface area contributed by atoms with Gasteiger partial charge in [-0.15, -0.1) is 11.3 Å². The highest BCUT2D eigenvalue weighted by atomic mass is 32.1. The maximum atomic E-state index is 12.6. The number of carbonyl (C=O) groups excluding carboxylic acids is 1. The lowest BCUT2D eigenvalue weighted by atomic mass is 10.0. The summed E-state index contributed by atoms with van der Waals surface area (Å²) in [6, 6.07) is 4.07. The zero-order chi connectivity index (χ0) is 15.7. The molecule has 2 aromatic rings. The zero-order valence-electron chi connectivity index (χ0n) is 12.8. The monoisotopic (exact) mass is 317 g/mol. The number of nitrogens with zero attached hydrogens (tertiary/aromatic N) is 3. The van der Waals surface area contributed by atoms with Crippen molar-refractivity contribution >= 4 is 17.2 Å². The number of aryl methyl sites for hydroxylation is 1. The van der Waals surface area contributed by atoms with Crippen molar-refractivity contribution in [3.05, 3.63) is 50.3 Å². The van der Waals surface area contributed by atoms with E-state index in [1.165, 1.54) is 15.8 Å². The Balaban J connectivity index is 1.72. The molecule has 1 aliphatic rings. The smallest absolute Gasteiger partial charge is 0.256 e. The Kier molecular flexibility index (Phi) is 4.11. The molecule has 0 saturated carbocycles. The van der Waals surface area contributed by atoms with Crippen molar-refractivity contribution in [2.45, 2.75) is 26.3 Å². The minimum Gasteiger partial charge on any atom is -0.336 e. The Hall–Kier alpha value is -1.95. The van der Waals surface area contributed by atoms with Crippen molar-refractivity contribution in [3.8, 4) is 0 Å². The first kappa shape index (κ1) is 15.0. The molecule has 1 amide bonds. The molecule has 0 aromatic carbocycles. The second kappa shape index (κ2) is 6.04. The minimum atomic E-state index is -0.0493. The van der Waals surface area contributed by atoms with E-state index in [0.717, 1.165) is 17.7 Å². The maximum absolute atomic E-state index is 12.6. The molecule has 6 heteroatoms. The van der Waals surface area contributed by atoms with E-state index in [1.807, 2.05) is 23.3 Å². The fourth-order valence-electron chi connectivity index (χ4n) is 2.83. The molecule has 116 valence electrons. The van der Waals surface area contributed by atoms with Gasteiger partial charge in [-0.3, -0.25) is 9.59 Å². The van der Waals surface area contributed by atoms with Gasteiger partial charge >= 0.3 is 0 Å². The molecule has 2 aromatic heterocycles. The molecule has 0 unspecified atom stereocenters. The fourth-order valence-corrected chi connectivity index (χ4v) is 3.67. The van der Waals surface area contributed by atoms with E-state index in [4.69, 9.17) is 0 Å². The van der Waals surface area contributed by atoms with Crippen LogP contribution in [-0.4, -0.2) is 26.9 Å². The van der Waals surface area contributed by atoms with Gasteiger partial charge in [-0.05, 0) is 24.3 Å². The summed E-state index contributed by atoms with van der Waals surface area (Å²) in [5, 5.41) is 2.03. The third-order valence-corrected chi connectivity index (χ3v) is 5.01. The molecule has 5 nitrogen and oxygen atoms in total. The van der Waals surface area contributed by atoms with Crippen LogP contribution in [0.1, 0.15) is 23.1 Å². The molecule has 0 saturated heterocycles. The lowest BCUT2D eigenvalue weighted by Crippen LogP contribution is -2.42. The van der Waals surface area contributed by atoms with Gasteiger partial charge in [0.25, 0.3) is 5.56 Å². The Morgan fingerprint density at radius 3 is 3.05 bits per heavy atom. The molecular weight excluding hydrogens is 298 g/mol. The first-order valence-electron chi connectivity index (χ1n) is 7.41. The normalized spacial score (nSPS) is 15.5. The third kappa shape index (κ3) is 2.83. The second-order valence-corrected chi connectivity index (χ2v) is 6.81. The van der Waals surface area contributed by atoms with Crippen LogP contribution >= 0.6 is 11.3 Å². The van der Waals surface area contributed by atoms with Gasteiger partial charge in [0.2, 0.25) is 5.91 Å². The minimum absolute atomic E-state index is 0.00346. The lowest BCUT2D eigenvalue weighted by Gasteiger charge is -2.30. The van der Waals surface area contributed by atoms with Crippen molar-refractivity contribution in [2.24, 2.45) is 13.0 Å². The van der Waals surface area contributed by atoms with Gasteiger partial charge in [-0.2, -0.15) is 0 Å². The van der Waals surface area contributed by atoms with Gasteiger partial charge in [0, 0.05) is 30.0 Å². The van der Waals surface area contributed by atoms with Crippen LogP contribution in [0.5, 0.6) is 0 Å². The highest BCUT2D eigenvalue weighted by Crippen LogP contribution is 2.19. The van der Waals surface area contributed by atoms with Crippen LogP contribution in [0.2, 0.25) is 0 Å². The summed E-state index contributed by atoms with van der Waals surface area (Å²) < 4.78 is 1.50. The Morgan fingerprint density at radius 1 is 1.50 bits per heavy atom. The predicted molar refractivity (Wildman–Crippen MR) is 85.8 cm³/mol. The number of hydrogen-bond donors (Lipinski definition) is 0. The summed E-state index contributed by atoms with van der Waals surface area (Å²) in [6.45, 7) is 3.01. The topological polar surface area (TPSA) is 55.2 Å². The average molecular weight is 317 g/mol. The Morgan fingerprint density at radius 2 is 2.32 bits per heavy atom. The summed E-state index contributed by atoms with van der Waals surface area (Å²) in [4.78, 5) is 32.0. The fraction of sp³-hybridized carbons (Fsp3) is 0.438. The summed E-state index contributed by atoms with van der Waals surface area (Å²) in [7, 11) is 1.70. The standard InChI is InChI=1S/C16H19N3O2S/c1-11(8-12-4-3-7-22-12)15(20)19-6-5-13-14(9-19)17-10-18(2)16(13)21/h3-4,7,10-11H,5-6,8-9H2,1-2H3/t11-/m1/s1. The van der Waals surface area contributed by atoms with Crippen molar-refractivity contribution < 1.29 is 4.79 Å². The molecule has 0 bridgehead atoms. The van der Waals surface area contributed by atoms with E-state index >= 15 is 0 Å². The van der Waals surface area contributed by atoms with Gasteiger partial charge in [0.15, 0.2) is 0 Å². The van der Waals surface area contributed by atoms with Crippen LogP contribution in [0, 0.1) is 5.92 Å². The molecule has 1 aliphatic heterocycles. The molecule has 1 atom stereocenters. The number of carbonyl (C=O) groups is 1. The number of thiophene rings is 1. The van der Waals surface area contributed by atoms with Gasteiger partial charge < -0.3 is 9.47 Å². The Bertz CT molecular complexity index is 736. The summed E-state index contributed by atoms with van der Waals surface area (Å²) in [5.74, 6) is 0.0910. The maximum Gasteiger partial charge on any atom is 0.256 e. The van der Waals surface area contributed by atoms with Crippen LogP contribution in [0.4, 0.5) is 0 Å². The predicted octanol–water partition coefficient (Wildman–Crippen LogP) is 1.61. The quantitative estimate of drug-likeness (QED) is 0.864. The van der Waals surface area contributed by atoms with E-state index in [0.29, 0.717) is 19.5 Å². The molecular formula is C16H19N3O2S. The van der Waals surface area contributed by atoms with Crippen LogP contribution in [0.15, 0.2) is 28.6 Å². The molecule has 0 N–H and O–H groups in total. The molecule has 0 aliphatic carbocycles. The molecule has 3 heterocycles. The lowest BCUT2D eigenvalue weighted by molar-refractivity contribution is -0.136. The van der Waals surface area contributed by atoms with Gasteiger partial charge in [-0.1, -0.05) is 13.0 Å². The van der Waals surface area contributed by atoms with Crippen LogP contribution in [0.25, 0.3) is 0 Å². The third-order valence-electron chi connectivity index (χ3n) is 4.11. The largest absolute Gasteiger partial charge is 0.336 e. The van der Waals surface area contributed by atoms with E-state index in [9.17, 15) is 9.59 Å². The summed E-state index contributed by atoms with van der Waals surface area (Å²) in [5.41, 5.74) is 1.50. The van der Waals surface area contributed by atoms with Crippen LogP contribution in [-0.2, 0) is 31.2 Å². The van der Waals surface area contributed by atoms with Crippen molar-refractivity contribution in [2.75, 3.05) is 6.54 Å². The number of amides is 1. The molecule has 0 fully saturated rings. The van der Waals surface area contributed by atoms with Gasteiger partial charge in [0.05, 0.1) is 18.6 Å². The molecule has 0 spiro atoms. The van der Waals surface area contributed by atoms with Crippen molar-refractivity contribution in [3.63, 3.8) is 0 Å². The second-order valence-electron chi connectivity index (χ2n) is 5.78. The van der Waals surface area contributed by atoms with Crippen molar-refractivity contribution in [1.29, 1.82) is 0 Å². The first-order valence-corrected chi connectivity index (χ1v) is 8.28. The Labute approximate surface area is 133 Å². The van der Waals surface area contributed by atoms with Crippen LogP contribution < -0.4 is 5.56 Å². The van der Waals surface area contributed by atoms with Gasteiger partial charge in [-0.25, -0.2) is 4.98 Å². The number of fused-ring (bicyclic) bond motifs is 1. The average Bonchev–Trinajstić information content (AvgIpc) is 3.03. The molecule has 0 radical (unpaired) electrons. The number of hydrogen-bond acceptors (Lipinski definition) is 4. The van der Waals surface area contributed by atoms with E-state index in [-0.39, 0.29) is 17.4 Å². The number of rotatable bonds is 3. The summed E-state index contributed by atoms with van der Waals surface area (Å²) >= 11 is 1.68. The first-order chi connectivity index (χ1) is 10.6. The summed E-state index contributed by atoms with van der Waals surface area (Å²) in [6.07, 6.45) is 2.89. The van der Waals surface area contributed by atoms with Crippen LogP contribution in [0.3, 0.4) is 0 Å². The molecule has 22 heavy (non-hydrogen) atoms. The van der Waals surface area contributed by atoms with Crippen molar-refractivity contribution in [1.82, 2.24) is 14.5 Å². The number of aromatic nitrogens is 2. The zero-order valence-corrected chi connectivity index (χ0v) is 13.6. The van der Waals surface area contributed by atoms with E-state index < -0.39 is 0 Å². The SMILES string of the molecule is C[C@H](Cc1cccs1)C(=O)N1CCc2c(ncn(C)c2=O)C1. The highest BCUT2D eigenvalue weighted by Gasteiger charge is 2.27. The van der Waals surface area contributed by atoms with Gasteiger partial charge in [0.1, 0.15) is 0 Å². The highest BCUT2D eigenvalue weighted by molar-refractivity contribution is 7.09. The van der Waals surface area contributed by atoms with E-state index in [1.54, 1.807) is 18.4 Å². The van der Waals surface area contributed by atoms with E-state index in [2.05, 4.69) is 11.1 Å². The molecule has 3 rings (SSSR count).